The molecule has 1 aliphatic carbocycles. The molecule has 8 heteroatoms. The first-order chi connectivity index (χ1) is 13.9. The predicted molar refractivity (Wildman–Crippen MR) is 104 cm³/mol. The number of carbonyl (C=O) groups excluding carboxylic acids is 3. The molecule has 2 aliphatic heterocycles. The van der Waals surface area contributed by atoms with Gasteiger partial charge in [-0.3, -0.25) is 14.5 Å². The van der Waals surface area contributed by atoms with Gasteiger partial charge < -0.3 is 19.7 Å². The van der Waals surface area contributed by atoms with E-state index in [1.807, 2.05) is 13.0 Å². The van der Waals surface area contributed by atoms with Crippen LogP contribution in [-0.4, -0.2) is 53.9 Å². The van der Waals surface area contributed by atoms with Crippen LogP contribution >= 0.6 is 0 Å². The van der Waals surface area contributed by atoms with E-state index in [9.17, 15) is 14.4 Å². The van der Waals surface area contributed by atoms with Gasteiger partial charge in [0.25, 0.3) is 5.91 Å². The number of benzene rings is 1. The fourth-order valence-corrected chi connectivity index (χ4v) is 4.05. The van der Waals surface area contributed by atoms with Crippen LogP contribution in [0.15, 0.2) is 30.0 Å². The van der Waals surface area contributed by atoms with Gasteiger partial charge in [-0.05, 0) is 50.8 Å². The van der Waals surface area contributed by atoms with Crippen molar-refractivity contribution >= 4 is 17.8 Å². The zero-order valence-corrected chi connectivity index (χ0v) is 16.7. The molecule has 0 spiro atoms. The van der Waals surface area contributed by atoms with E-state index in [4.69, 9.17) is 9.47 Å². The molecular weight excluding hydrogens is 374 g/mol. The summed E-state index contributed by atoms with van der Waals surface area (Å²) in [6.07, 6.45) is 4.86. The molecule has 0 aromatic heterocycles. The molecule has 2 heterocycles. The lowest BCUT2D eigenvalue weighted by Crippen LogP contribution is -2.44. The summed E-state index contributed by atoms with van der Waals surface area (Å²) >= 11 is 0. The minimum absolute atomic E-state index is 0.254. The number of fused-ring (bicyclic) bond motifs is 1. The Morgan fingerprint density at radius 2 is 2.00 bits per heavy atom. The maximum atomic E-state index is 13.2. The molecular formula is C21H25N3O5. The molecule has 4 rings (SSSR count). The standard InChI is InChI=1S/C21H25N3O5/c1-3-23(15-6-4-5-7-15)18(25)13-24-19(26)21(2,22-20(24)27)14-8-9-16-17(12-14)29-11-10-28-16/h6,8-9,12H,3-5,7,10-11,13H2,1-2H3,(H,22,27)/t21-/m1/s1. The maximum Gasteiger partial charge on any atom is 0.325 e. The van der Waals surface area contributed by atoms with Crippen LogP contribution < -0.4 is 14.8 Å². The summed E-state index contributed by atoms with van der Waals surface area (Å²) in [7, 11) is 0. The van der Waals surface area contributed by atoms with Crippen molar-refractivity contribution in [3.05, 3.63) is 35.5 Å². The normalized spacial score (nSPS) is 23.1. The molecule has 1 atom stereocenters. The lowest BCUT2D eigenvalue weighted by atomic mass is 9.91. The highest BCUT2D eigenvalue weighted by Crippen LogP contribution is 2.37. The fraction of sp³-hybridized carbons (Fsp3) is 0.476. The quantitative estimate of drug-likeness (QED) is 0.767. The number of hydrogen-bond acceptors (Lipinski definition) is 5. The topological polar surface area (TPSA) is 88.2 Å². The van der Waals surface area contributed by atoms with Gasteiger partial charge >= 0.3 is 6.03 Å². The van der Waals surface area contributed by atoms with Crippen LogP contribution in [0.3, 0.4) is 0 Å². The number of rotatable bonds is 5. The van der Waals surface area contributed by atoms with Crippen molar-refractivity contribution in [2.75, 3.05) is 26.3 Å². The zero-order valence-electron chi connectivity index (χ0n) is 16.7. The monoisotopic (exact) mass is 399 g/mol. The molecule has 1 fully saturated rings. The second-order valence-electron chi connectivity index (χ2n) is 7.53. The van der Waals surface area contributed by atoms with E-state index in [1.165, 1.54) is 0 Å². The number of allylic oxidation sites excluding steroid dienone is 2. The molecule has 1 N–H and O–H groups in total. The highest BCUT2D eigenvalue weighted by atomic mass is 16.6. The molecule has 1 aromatic carbocycles. The Labute approximate surface area is 169 Å². The smallest absolute Gasteiger partial charge is 0.325 e. The fourth-order valence-electron chi connectivity index (χ4n) is 4.05. The van der Waals surface area contributed by atoms with Crippen LogP contribution in [0.5, 0.6) is 11.5 Å². The lowest BCUT2D eigenvalue weighted by molar-refractivity contribution is -0.137. The number of nitrogens with one attached hydrogen (secondary N) is 1. The van der Waals surface area contributed by atoms with Gasteiger partial charge in [-0.1, -0.05) is 12.1 Å². The highest BCUT2D eigenvalue weighted by Gasteiger charge is 2.50. The van der Waals surface area contributed by atoms with Crippen molar-refractivity contribution in [3.8, 4) is 11.5 Å². The van der Waals surface area contributed by atoms with Crippen molar-refractivity contribution in [1.29, 1.82) is 0 Å². The first-order valence-electron chi connectivity index (χ1n) is 9.97. The first kappa shape index (κ1) is 19.3. The first-order valence-corrected chi connectivity index (χ1v) is 9.97. The molecule has 4 amide bonds. The van der Waals surface area contributed by atoms with E-state index in [2.05, 4.69) is 5.32 Å². The molecule has 0 unspecified atom stereocenters. The number of nitrogens with zero attached hydrogens (tertiary/aromatic N) is 2. The second-order valence-corrected chi connectivity index (χ2v) is 7.53. The largest absolute Gasteiger partial charge is 0.486 e. The van der Waals surface area contributed by atoms with Gasteiger partial charge in [0.2, 0.25) is 5.91 Å². The van der Waals surface area contributed by atoms with Gasteiger partial charge in [0.05, 0.1) is 0 Å². The van der Waals surface area contributed by atoms with Crippen LogP contribution in [-0.2, 0) is 15.1 Å². The Morgan fingerprint density at radius 1 is 1.24 bits per heavy atom. The van der Waals surface area contributed by atoms with Crippen LogP contribution in [0.1, 0.15) is 38.7 Å². The van der Waals surface area contributed by atoms with Gasteiger partial charge in [-0.25, -0.2) is 4.79 Å². The van der Waals surface area contributed by atoms with Crippen LogP contribution in [0.2, 0.25) is 0 Å². The van der Waals surface area contributed by atoms with E-state index >= 15 is 0 Å². The Balaban J connectivity index is 1.54. The van der Waals surface area contributed by atoms with Gasteiger partial charge in [0.1, 0.15) is 25.3 Å². The number of imide groups is 1. The van der Waals surface area contributed by atoms with Gasteiger partial charge in [0, 0.05) is 12.2 Å². The third-order valence-corrected chi connectivity index (χ3v) is 5.67. The van der Waals surface area contributed by atoms with Crippen LogP contribution in [0.4, 0.5) is 4.79 Å². The summed E-state index contributed by atoms with van der Waals surface area (Å²) in [5.74, 6) is 0.437. The summed E-state index contributed by atoms with van der Waals surface area (Å²) in [5, 5.41) is 2.74. The van der Waals surface area contributed by atoms with Crippen molar-refractivity contribution in [2.24, 2.45) is 0 Å². The van der Waals surface area contributed by atoms with Crippen LogP contribution in [0.25, 0.3) is 0 Å². The van der Waals surface area contributed by atoms with E-state index < -0.39 is 17.5 Å². The minimum Gasteiger partial charge on any atom is -0.486 e. The predicted octanol–water partition coefficient (Wildman–Crippen LogP) is 2.14. The molecule has 154 valence electrons. The second kappa shape index (κ2) is 7.42. The van der Waals surface area contributed by atoms with E-state index in [1.54, 1.807) is 30.0 Å². The van der Waals surface area contributed by atoms with Crippen molar-refractivity contribution in [1.82, 2.24) is 15.1 Å². The third-order valence-electron chi connectivity index (χ3n) is 5.67. The molecule has 3 aliphatic rings. The average Bonchev–Trinajstić information content (AvgIpc) is 3.32. The molecule has 8 nitrogen and oxygen atoms in total. The zero-order chi connectivity index (χ0) is 20.6. The van der Waals surface area contributed by atoms with Gasteiger partial charge in [0.15, 0.2) is 11.5 Å². The Hall–Kier alpha value is -3.03. The summed E-state index contributed by atoms with van der Waals surface area (Å²) in [6.45, 7) is 4.66. The van der Waals surface area contributed by atoms with E-state index in [0.717, 1.165) is 29.9 Å². The minimum atomic E-state index is -1.27. The number of urea groups is 1. The Morgan fingerprint density at radius 3 is 2.69 bits per heavy atom. The third kappa shape index (κ3) is 3.32. The van der Waals surface area contributed by atoms with E-state index in [0.29, 0.717) is 36.8 Å². The molecule has 0 radical (unpaired) electrons. The molecule has 0 saturated carbocycles. The summed E-state index contributed by atoms with van der Waals surface area (Å²) in [4.78, 5) is 41.2. The number of amides is 4. The molecule has 1 saturated heterocycles. The Bertz CT molecular complexity index is 896. The molecule has 1 aromatic rings. The maximum absolute atomic E-state index is 13.2. The molecule has 29 heavy (non-hydrogen) atoms. The van der Waals surface area contributed by atoms with Gasteiger partial charge in [-0.2, -0.15) is 0 Å². The van der Waals surface area contributed by atoms with Crippen LogP contribution in [0, 0.1) is 0 Å². The summed E-state index contributed by atoms with van der Waals surface area (Å²) in [5.41, 5.74) is 0.289. The number of ether oxygens (including phenoxy) is 2. The lowest BCUT2D eigenvalue weighted by Gasteiger charge is -2.26. The Kier molecular flexibility index (Phi) is 4.94. The number of likely N-dealkylation sites (N-methyl/N-ethyl adjacent to an activating group) is 1. The summed E-state index contributed by atoms with van der Waals surface area (Å²) in [6, 6.07) is 4.60. The average molecular weight is 399 g/mol. The number of hydrogen-bond donors (Lipinski definition) is 1. The van der Waals surface area contributed by atoms with Gasteiger partial charge in [-0.15, -0.1) is 0 Å². The van der Waals surface area contributed by atoms with Crippen molar-refractivity contribution in [3.63, 3.8) is 0 Å². The van der Waals surface area contributed by atoms with E-state index in [-0.39, 0.29) is 12.5 Å². The van der Waals surface area contributed by atoms with Crippen molar-refractivity contribution < 1.29 is 23.9 Å². The highest BCUT2D eigenvalue weighted by molar-refractivity contribution is 6.09. The van der Waals surface area contributed by atoms with Crippen molar-refractivity contribution in [2.45, 2.75) is 38.6 Å². The summed E-state index contributed by atoms with van der Waals surface area (Å²) < 4.78 is 11.1. The number of carbonyl (C=O) groups is 3. The SMILES string of the molecule is CCN(C(=O)CN1C(=O)N[C@](C)(c2ccc3c(c2)OCCO3)C1=O)C1=CCCC1. The molecule has 0 bridgehead atoms.